The Morgan fingerprint density at radius 2 is 1.88 bits per heavy atom. The number of nitrogens with zero attached hydrogens (tertiary/aromatic N) is 1. The van der Waals surface area contributed by atoms with Crippen LogP contribution in [0.15, 0.2) is 101 Å². The van der Waals surface area contributed by atoms with Gasteiger partial charge in [-0.2, -0.15) is 0 Å². The Morgan fingerprint density at radius 1 is 1.20 bits per heavy atom. The molecule has 0 saturated heterocycles. The first-order chi connectivity index (χ1) is 11.9. The molecule has 0 aliphatic heterocycles. The summed E-state index contributed by atoms with van der Waals surface area (Å²) in [5, 5.41) is 12.4. The van der Waals surface area contributed by atoms with Crippen molar-refractivity contribution in [3.63, 3.8) is 0 Å². The zero-order valence-electron chi connectivity index (χ0n) is 14.7. The molecular formula is C22H23NO2. The number of aromatic hydroxyl groups is 1. The van der Waals surface area contributed by atoms with Crippen molar-refractivity contribution < 1.29 is 5.11 Å². The van der Waals surface area contributed by atoms with Crippen molar-refractivity contribution in [2.45, 2.75) is 25.7 Å². The minimum atomic E-state index is -0.523. The minimum absolute atomic E-state index is 0.148. The molecule has 1 atom stereocenters. The van der Waals surface area contributed by atoms with Crippen molar-refractivity contribution in [1.82, 2.24) is 0 Å². The molecule has 1 N–H and O–H groups in total. The Hall–Kier alpha value is -2.94. The lowest BCUT2D eigenvalue weighted by Gasteiger charge is -2.33. The van der Waals surface area contributed by atoms with E-state index >= 15 is 0 Å². The van der Waals surface area contributed by atoms with Crippen molar-refractivity contribution in [2.24, 2.45) is 5.18 Å². The molecule has 3 nitrogen and oxygen atoms in total. The summed E-state index contributed by atoms with van der Waals surface area (Å²) in [5.41, 5.74) is 3.77. The molecule has 1 aliphatic rings. The molecule has 25 heavy (non-hydrogen) atoms. The number of nitroso groups, excluding NO2 is 1. The lowest BCUT2D eigenvalue weighted by molar-refractivity contribution is 0.474. The Morgan fingerprint density at radius 3 is 2.52 bits per heavy atom. The highest BCUT2D eigenvalue weighted by molar-refractivity contribution is 5.55. The van der Waals surface area contributed by atoms with Crippen molar-refractivity contribution in [1.29, 1.82) is 0 Å². The van der Waals surface area contributed by atoms with Crippen LogP contribution in [0.1, 0.15) is 25.8 Å². The highest BCUT2D eigenvalue weighted by Crippen LogP contribution is 2.41. The van der Waals surface area contributed by atoms with Crippen LogP contribution in [-0.4, -0.2) is 5.11 Å². The molecule has 0 saturated carbocycles. The summed E-state index contributed by atoms with van der Waals surface area (Å²) >= 11 is 0. The Labute approximate surface area is 149 Å². The smallest absolute Gasteiger partial charge is 0.115 e. The van der Waals surface area contributed by atoms with E-state index in [0.29, 0.717) is 0 Å². The molecule has 1 unspecified atom stereocenters. The van der Waals surface area contributed by atoms with E-state index in [4.69, 9.17) is 0 Å². The number of hydrogen-bond acceptors (Lipinski definition) is 3. The van der Waals surface area contributed by atoms with Crippen molar-refractivity contribution in [2.75, 3.05) is 0 Å². The van der Waals surface area contributed by atoms with Gasteiger partial charge in [0.05, 0.1) is 0 Å². The largest absolute Gasteiger partial charge is 0.508 e. The molecule has 0 amide bonds. The maximum absolute atomic E-state index is 10.6. The first-order valence-corrected chi connectivity index (χ1v) is 8.11. The zero-order chi connectivity index (χ0) is 18.4. The first-order valence-electron chi connectivity index (χ1n) is 8.11. The van der Waals surface area contributed by atoms with Gasteiger partial charge in [0.2, 0.25) is 0 Å². The Kier molecular flexibility index (Phi) is 5.71. The van der Waals surface area contributed by atoms with E-state index in [9.17, 15) is 10.0 Å². The Bertz CT molecular complexity index is 807. The fraction of sp³-hybridized carbons (Fsp3) is 0.182. The van der Waals surface area contributed by atoms with Crippen LogP contribution in [0.5, 0.6) is 5.75 Å². The van der Waals surface area contributed by atoms with Crippen LogP contribution in [0.4, 0.5) is 0 Å². The Balaban J connectivity index is 2.57. The normalized spacial score (nSPS) is 16.6. The van der Waals surface area contributed by atoms with E-state index in [1.54, 1.807) is 24.3 Å². The van der Waals surface area contributed by atoms with Gasteiger partial charge in [0.1, 0.15) is 11.4 Å². The molecular weight excluding hydrogens is 310 g/mol. The van der Waals surface area contributed by atoms with Gasteiger partial charge < -0.3 is 5.11 Å². The fourth-order valence-corrected chi connectivity index (χ4v) is 2.79. The zero-order valence-corrected chi connectivity index (χ0v) is 14.7. The molecule has 2 rings (SSSR count). The van der Waals surface area contributed by atoms with E-state index in [1.165, 1.54) is 5.57 Å². The molecule has 3 heteroatoms. The molecule has 0 bridgehead atoms. The quantitative estimate of drug-likeness (QED) is 0.522. The molecule has 128 valence electrons. The predicted octanol–water partition coefficient (Wildman–Crippen LogP) is 5.88. The molecule has 0 radical (unpaired) electrons. The number of hydrogen-bond donors (Lipinski definition) is 1. The van der Waals surface area contributed by atoms with Crippen LogP contribution in [0, 0.1) is 4.91 Å². The van der Waals surface area contributed by atoms with E-state index in [0.717, 1.165) is 23.1 Å². The maximum Gasteiger partial charge on any atom is 0.115 e. The number of benzene rings is 1. The molecule has 0 fully saturated rings. The third-order valence-corrected chi connectivity index (χ3v) is 4.54. The van der Waals surface area contributed by atoms with Crippen molar-refractivity contribution in [3.8, 4) is 5.75 Å². The number of phenols is 1. The summed E-state index contributed by atoms with van der Waals surface area (Å²) in [7, 11) is 0. The van der Waals surface area contributed by atoms with E-state index < -0.39 is 5.41 Å². The van der Waals surface area contributed by atoms with Crippen LogP contribution >= 0.6 is 0 Å². The second-order valence-corrected chi connectivity index (χ2v) is 6.35. The standard InChI is InChI=1S/C22H23NO2/c1-16-6-5-7-19(11-8-16)22(4,17(2)9-10-18(3)23-25)20-12-14-21(24)15-13-20/h5,7-15,24H,2-3,6H2,1,4H3/b10-9-. The first kappa shape index (κ1) is 18.4. The predicted molar refractivity (Wildman–Crippen MR) is 104 cm³/mol. The number of phenolic OH excluding ortho intramolecular Hbond substituents is 1. The van der Waals surface area contributed by atoms with E-state index in [-0.39, 0.29) is 11.4 Å². The van der Waals surface area contributed by atoms with E-state index in [2.05, 4.69) is 56.5 Å². The highest BCUT2D eigenvalue weighted by Gasteiger charge is 2.32. The summed E-state index contributed by atoms with van der Waals surface area (Å²) in [5.74, 6) is 0.215. The SMILES string of the molecule is C=C(/C=C\C(=C)C(C)(C1=CC=C(C)CC=C1)c1ccc(O)cc1)N=O. The molecule has 1 aromatic rings. The molecule has 0 spiro atoms. The van der Waals surface area contributed by atoms with Gasteiger partial charge in [-0.25, -0.2) is 0 Å². The van der Waals surface area contributed by atoms with Crippen LogP contribution in [0.25, 0.3) is 0 Å². The van der Waals surface area contributed by atoms with Crippen LogP contribution in [-0.2, 0) is 5.41 Å². The van der Waals surface area contributed by atoms with Crippen LogP contribution in [0.3, 0.4) is 0 Å². The topological polar surface area (TPSA) is 49.7 Å². The molecule has 0 aromatic heterocycles. The molecule has 1 aliphatic carbocycles. The highest BCUT2D eigenvalue weighted by atomic mass is 16.3. The average molecular weight is 333 g/mol. The summed E-state index contributed by atoms with van der Waals surface area (Å²) in [6, 6.07) is 7.10. The maximum atomic E-state index is 10.6. The van der Waals surface area contributed by atoms with Gasteiger partial charge >= 0.3 is 0 Å². The molecule has 0 heterocycles. The van der Waals surface area contributed by atoms with Crippen LogP contribution in [0.2, 0.25) is 0 Å². The second-order valence-electron chi connectivity index (χ2n) is 6.35. The number of rotatable bonds is 6. The minimum Gasteiger partial charge on any atom is -0.508 e. The second kappa shape index (κ2) is 7.75. The lowest BCUT2D eigenvalue weighted by Crippen LogP contribution is -2.25. The van der Waals surface area contributed by atoms with Gasteiger partial charge in [-0.1, -0.05) is 61.2 Å². The summed E-state index contributed by atoms with van der Waals surface area (Å²) < 4.78 is 0. The summed E-state index contributed by atoms with van der Waals surface area (Å²) in [4.78, 5) is 10.6. The summed E-state index contributed by atoms with van der Waals surface area (Å²) in [6.07, 6.45) is 12.7. The van der Waals surface area contributed by atoms with Crippen molar-refractivity contribution >= 4 is 0 Å². The monoisotopic (exact) mass is 333 g/mol. The van der Waals surface area contributed by atoms with Gasteiger partial charge in [0.25, 0.3) is 0 Å². The number of allylic oxidation sites excluding steroid dienone is 9. The fourth-order valence-electron chi connectivity index (χ4n) is 2.79. The lowest BCUT2D eigenvalue weighted by atomic mass is 9.70. The average Bonchev–Trinajstić information content (AvgIpc) is 2.84. The van der Waals surface area contributed by atoms with Crippen molar-refractivity contribution in [3.05, 3.63) is 107 Å². The van der Waals surface area contributed by atoms with Gasteiger partial charge in [-0.3, -0.25) is 0 Å². The molecule has 1 aromatic carbocycles. The van der Waals surface area contributed by atoms with Gasteiger partial charge in [0, 0.05) is 5.41 Å². The van der Waals surface area contributed by atoms with Gasteiger partial charge in [-0.15, -0.1) is 4.91 Å². The third-order valence-electron chi connectivity index (χ3n) is 4.54. The third kappa shape index (κ3) is 4.13. The van der Waals surface area contributed by atoms with Crippen LogP contribution < -0.4 is 0 Å². The van der Waals surface area contributed by atoms with E-state index in [1.807, 2.05) is 12.1 Å². The van der Waals surface area contributed by atoms with Gasteiger partial charge in [-0.05, 0) is 60.4 Å². The van der Waals surface area contributed by atoms with Gasteiger partial charge in [0.15, 0.2) is 0 Å². The summed E-state index contributed by atoms with van der Waals surface area (Å²) in [6.45, 7) is 12.0.